The first-order chi connectivity index (χ1) is 14.3. The number of carbonyl (C=O) groups excluding carboxylic acids is 2. The molecule has 1 heterocycles. The maximum atomic E-state index is 13.0. The Morgan fingerprint density at radius 2 is 1.63 bits per heavy atom. The number of carbonyl (C=O) groups is 2. The van der Waals surface area contributed by atoms with Gasteiger partial charge in [-0.3, -0.25) is 4.79 Å². The van der Waals surface area contributed by atoms with E-state index in [-0.39, 0.29) is 34.5 Å². The van der Waals surface area contributed by atoms with Crippen LogP contribution in [-0.4, -0.2) is 57.5 Å². The summed E-state index contributed by atoms with van der Waals surface area (Å²) in [5, 5.41) is 11.2. The van der Waals surface area contributed by atoms with Crippen LogP contribution in [0.25, 0.3) is 0 Å². The number of piperidine rings is 1. The van der Waals surface area contributed by atoms with Crippen LogP contribution in [-0.2, 0) is 10.0 Å². The Hall–Kier alpha value is -2.33. The van der Waals surface area contributed by atoms with Gasteiger partial charge >= 0.3 is 6.03 Å². The van der Waals surface area contributed by atoms with Gasteiger partial charge in [-0.05, 0) is 43.9 Å². The number of methoxy groups -OCH3 is 1. The number of hydrogen-bond acceptors (Lipinski definition) is 5. The highest BCUT2D eigenvalue weighted by atomic mass is 32.2. The molecule has 1 saturated carbocycles. The van der Waals surface area contributed by atoms with Gasteiger partial charge in [0, 0.05) is 25.2 Å². The van der Waals surface area contributed by atoms with Crippen molar-refractivity contribution in [3.05, 3.63) is 23.8 Å². The lowest BCUT2D eigenvalue weighted by Gasteiger charge is -2.33. The minimum atomic E-state index is -3.93. The van der Waals surface area contributed by atoms with Crippen molar-refractivity contribution in [3.63, 3.8) is 0 Å². The van der Waals surface area contributed by atoms with E-state index >= 15 is 0 Å². The fourth-order valence-electron chi connectivity index (χ4n) is 4.09. The summed E-state index contributed by atoms with van der Waals surface area (Å²) in [7, 11) is -2.51. The molecule has 3 amide bonds. The Kier molecular flexibility index (Phi) is 7.19. The average molecular weight is 439 g/mol. The van der Waals surface area contributed by atoms with Crippen molar-refractivity contribution in [2.24, 2.45) is 5.14 Å². The minimum Gasteiger partial charge on any atom is -0.496 e. The predicted octanol–water partition coefficient (Wildman–Crippen LogP) is 1.58. The van der Waals surface area contributed by atoms with Gasteiger partial charge in [-0.15, -0.1) is 0 Å². The van der Waals surface area contributed by atoms with Crippen molar-refractivity contribution in [1.82, 2.24) is 15.5 Å². The zero-order valence-electron chi connectivity index (χ0n) is 17.2. The topological polar surface area (TPSA) is 131 Å². The molecule has 30 heavy (non-hydrogen) atoms. The normalized spacial score (nSPS) is 18.7. The first-order valence-electron chi connectivity index (χ1n) is 10.3. The molecule has 2 aliphatic rings. The molecule has 0 spiro atoms. The van der Waals surface area contributed by atoms with Crippen molar-refractivity contribution < 1.29 is 22.7 Å². The van der Waals surface area contributed by atoms with Crippen LogP contribution in [0, 0.1) is 0 Å². The number of urea groups is 1. The van der Waals surface area contributed by atoms with E-state index in [0.717, 1.165) is 25.7 Å². The molecule has 0 radical (unpaired) electrons. The zero-order valence-corrected chi connectivity index (χ0v) is 18.0. The highest BCUT2D eigenvalue weighted by Gasteiger charge is 2.27. The van der Waals surface area contributed by atoms with Crippen LogP contribution in [0.1, 0.15) is 55.3 Å². The largest absolute Gasteiger partial charge is 0.496 e. The SMILES string of the molecule is COc1ccc(S(N)(=O)=O)cc1C(=O)N1CCC(NC(=O)NC2CCCCC2)CC1. The van der Waals surface area contributed by atoms with Gasteiger partial charge in [0.25, 0.3) is 5.91 Å². The summed E-state index contributed by atoms with van der Waals surface area (Å²) in [5.74, 6) is -0.0260. The lowest BCUT2D eigenvalue weighted by molar-refractivity contribution is 0.0704. The highest BCUT2D eigenvalue weighted by Crippen LogP contribution is 2.25. The third-order valence-electron chi connectivity index (χ3n) is 5.79. The summed E-state index contributed by atoms with van der Waals surface area (Å²) in [4.78, 5) is 26.7. The third kappa shape index (κ3) is 5.63. The zero-order chi connectivity index (χ0) is 21.7. The molecule has 1 aromatic carbocycles. The van der Waals surface area contributed by atoms with E-state index in [1.807, 2.05) is 0 Å². The second-order valence-corrected chi connectivity index (χ2v) is 9.49. The molecular weight excluding hydrogens is 408 g/mol. The molecule has 1 aliphatic heterocycles. The maximum Gasteiger partial charge on any atom is 0.315 e. The van der Waals surface area contributed by atoms with E-state index in [1.165, 1.54) is 31.7 Å². The fourth-order valence-corrected chi connectivity index (χ4v) is 4.63. The van der Waals surface area contributed by atoms with Crippen LogP contribution in [0.4, 0.5) is 4.79 Å². The molecule has 2 fully saturated rings. The van der Waals surface area contributed by atoms with Crippen LogP contribution in [0.2, 0.25) is 0 Å². The Labute approximate surface area is 177 Å². The van der Waals surface area contributed by atoms with Crippen molar-refractivity contribution in [2.45, 2.75) is 61.9 Å². The van der Waals surface area contributed by atoms with Gasteiger partial charge in [0.1, 0.15) is 5.75 Å². The fraction of sp³-hybridized carbons (Fsp3) is 0.600. The van der Waals surface area contributed by atoms with E-state index in [2.05, 4.69) is 10.6 Å². The molecule has 1 saturated heterocycles. The molecule has 1 aliphatic carbocycles. The van der Waals surface area contributed by atoms with Gasteiger partial charge in [-0.2, -0.15) is 0 Å². The minimum absolute atomic E-state index is 0.00436. The van der Waals surface area contributed by atoms with E-state index in [4.69, 9.17) is 9.88 Å². The summed E-state index contributed by atoms with van der Waals surface area (Å²) >= 11 is 0. The number of likely N-dealkylation sites (tertiary alicyclic amines) is 1. The Morgan fingerprint density at radius 1 is 1.03 bits per heavy atom. The molecule has 10 heteroatoms. The predicted molar refractivity (Wildman–Crippen MR) is 112 cm³/mol. The number of nitrogens with two attached hydrogens (primary N) is 1. The van der Waals surface area contributed by atoms with E-state index in [0.29, 0.717) is 31.7 Å². The van der Waals surface area contributed by atoms with Gasteiger partial charge < -0.3 is 20.3 Å². The summed E-state index contributed by atoms with van der Waals surface area (Å²) in [5.41, 5.74) is 0.158. The number of rotatable bonds is 5. The van der Waals surface area contributed by atoms with Gasteiger partial charge in [0.2, 0.25) is 10.0 Å². The second kappa shape index (κ2) is 9.65. The molecule has 1 aromatic rings. The molecule has 9 nitrogen and oxygen atoms in total. The number of nitrogens with zero attached hydrogens (tertiary/aromatic N) is 1. The molecule has 0 atom stereocenters. The van der Waals surface area contributed by atoms with Gasteiger partial charge in [0.05, 0.1) is 17.6 Å². The smallest absolute Gasteiger partial charge is 0.315 e. The van der Waals surface area contributed by atoms with Crippen LogP contribution < -0.4 is 20.5 Å². The number of ether oxygens (including phenoxy) is 1. The lowest BCUT2D eigenvalue weighted by Crippen LogP contribution is -2.51. The van der Waals surface area contributed by atoms with E-state index in [9.17, 15) is 18.0 Å². The van der Waals surface area contributed by atoms with Gasteiger partial charge in [-0.25, -0.2) is 18.4 Å². The van der Waals surface area contributed by atoms with Crippen molar-refractivity contribution in [2.75, 3.05) is 20.2 Å². The summed E-state index contributed by atoms with van der Waals surface area (Å²) < 4.78 is 28.5. The Bertz CT molecular complexity index is 875. The monoisotopic (exact) mass is 438 g/mol. The quantitative estimate of drug-likeness (QED) is 0.642. The molecule has 3 rings (SSSR count). The number of primary sulfonamides is 1. The molecule has 4 N–H and O–H groups in total. The maximum absolute atomic E-state index is 13.0. The van der Waals surface area contributed by atoms with E-state index in [1.54, 1.807) is 4.90 Å². The number of amides is 3. The Morgan fingerprint density at radius 3 is 2.20 bits per heavy atom. The summed E-state index contributed by atoms with van der Waals surface area (Å²) in [6.45, 7) is 0.909. The van der Waals surface area contributed by atoms with Gasteiger partial charge in [-0.1, -0.05) is 19.3 Å². The van der Waals surface area contributed by atoms with Crippen molar-refractivity contribution >= 4 is 22.0 Å². The molecule has 0 bridgehead atoms. The van der Waals surface area contributed by atoms with Crippen LogP contribution >= 0.6 is 0 Å². The Balaban J connectivity index is 1.57. The number of hydrogen-bond donors (Lipinski definition) is 3. The number of nitrogens with one attached hydrogen (secondary N) is 2. The van der Waals surface area contributed by atoms with Gasteiger partial charge in [0.15, 0.2) is 0 Å². The van der Waals surface area contributed by atoms with Crippen LogP contribution in [0.5, 0.6) is 5.75 Å². The second-order valence-electron chi connectivity index (χ2n) is 7.93. The van der Waals surface area contributed by atoms with Crippen molar-refractivity contribution in [3.8, 4) is 5.75 Å². The van der Waals surface area contributed by atoms with Crippen LogP contribution in [0.15, 0.2) is 23.1 Å². The standard InChI is InChI=1S/C20H30N4O5S/c1-29-18-8-7-16(30(21,27)28)13-17(18)19(25)24-11-9-15(10-12-24)23-20(26)22-14-5-3-2-4-6-14/h7-8,13-15H,2-6,9-12H2,1H3,(H2,21,27,28)(H2,22,23,26). The number of sulfonamides is 1. The summed E-state index contributed by atoms with van der Waals surface area (Å²) in [6.07, 6.45) is 6.85. The number of benzene rings is 1. The lowest BCUT2D eigenvalue weighted by atomic mass is 9.96. The third-order valence-corrected chi connectivity index (χ3v) is 6.70. The first kappa shape index (κ1) is 22.4. The molecule has 166 valence electrons. The molecular formula is C20H30N4O5S. The molecule has 0 aromatic heterocycles. The molecule has 0 unspecified atom stereocenters. The van der Waals surface area contributed by atoms with Crippen LogP contribution in [0.3, 0.4) is 0 Å². The average Bonchev–Trinajstić information content (AvgIpc) is 2.73. The van der Waals surface area contributed by atoms with Crippen molar-refractivity contribution in [1.29, 1.82) is 0 Å². The summed E-state index contributed by atoms with van der Waals surface area (Å²) in [6, 6.07) is 4.09. The van der Waals surface area contributed by atoms with E-state index < -0.39 is 10.0 Å². The first-order valence-corrected chi connectivity index (χ1v) is 11.9. The highest BCUT2D eigenvalue weighted by molar-refractivity contribution is 7.89.